The van der Waals surface area contributed by atoms with Crippen LogP contribution in [0.4, 0.5) is 0 Å². The highest BCUT2D eigenvalue weighted by atomic mass is 15.1. The van der Waals surface area contributed by atoms with Crippen LogP contribution in [0.3, 0.4) is 0 Å². The largest absolute Gasteiger partial charge is 0.328 e. The van der Waals surface area contributed by atoms with Gasteiger partial charge in [0.15, 0.2) is 0 Å². The zero-order valence-corrected chi connectivity index (χ0v) is 10.4. The van der Waals surface area contributed by atoms with E-state index in [2.05, 4.69) is 39.8 Å². The molecule has 0 aliphatic heterocycles. The smallest absolute Gasteiger partial charge is 0.00495 e. The van der Waals surface area contributed by atoms with Gasteiger partial charge in [0, 0.05) is 12.6 Å². The molecule has 14 heavy (non-hydrogen) atoms. The normalized spacial score (nSPS) is 37.5. The van der Waals surface area contributed by atoms with Crippen molar-refractivity contribution in [3.8, 4) is 0 Å². The fourth-order valence-electron chi connectivity index (χ4n) is 3.60. The van der Waals surface area contributed by atoms with Gasteiger partial charge in [0.05, 0.1) is 0 Å². The van der Waals surface area contributed by atoms with Crippen LogP contribution in [0.1, 0.15) is 40.0 Å². The number of nitrogens with two attached hydrogens (primary N) is 1. The zero-order chi connectivity index (χ0) is 11.0. The lowest BCUT2D eigenvalue weighted by Gasteiger charge is -2.46. The summed E-state index contributed by atoms with van der Waals surface area (Å²) in [5, 5.41) is 0. The minimum Gasteiger partial charge on any atom is -0.328 e. The molecule has 1 aliphatic carbocycles. The summed E-state index contributed by atoms with van der Waals surface area (Å²) in [5.74, 6) is 0. The molecule has 0 saturated heterocycles. The molecule has 0 radical (unpaired) electrons. The lowest BCUT2D eigenvalue weighted by molar-refractivity contribution is 0.0600. The van der Waals surface area contributed by atoms with Gasteiger partial charge in [-0.05, 0) is 44.2 Å². The van der Waals surface area contributed by atoms with Crippen molar-refractivity contribution in [1.29, 1.82) is 0 Å². The second kappa shape index (κ2) is 3.82. The molecule has 0 aromatic rings. The van der Waals surface area contributed by atoms with E-state index in [-0.39, 0.29) is 0 Å². The fraction of sp³-hybridized carbons (Fsp3) is 1.00. The molecular weight excluding hydrogens is 172 g/mol. The second-order valence-corrected chi connectivity index (χ2v) is 6.56. The molecule has 1 saturated carbocycles. The van der Waals surface area contributed by atoms with E-state index in [0.717, 1.165) is 6.54 Å². The van der Waals surface area contributed by atoms with Gasteiger partial charge in [0.1, 0.15) is 0 Å². The Balaban J connectivity index is 2.68. The summed E-state index contributed by atoms with van der Waals surface area (Å²) >= 11 is 0. The lowest BCUT2D eigenvalue weighted by Crippen LogP contribution is -2.46. The molecule has 2 N–H and O–H groups in total. The average molecular weight is 198 g/mol. The van der Waals surface area contributed by atoms with Gasteiger partial charge >= 0.3 is 0 Å². The molecule has 1 fully saturated rings. The summed E-state index contributed by atoms with van der Waals surface area (Å²) in [6, 6.07) is 0.392. The maximum atomic E-state index is 6.14. The Morgan fingerprint density at radius 1 is 1.21 bits per heavy atom. The van der Waals surface area contributed by atoms with Gasteiger partial charge in [-0.15, -0.1) is 0 Å². The third kappa shape index (κ3) is 3.25. The quantitative estimate of drug-likeness (QED) is 0.736. The van der Waals surface area contributed by atoms with E-state index in [9.17, 15) is 0 Å². The van der Waals surface area contributed by atoms with Crippen LogP contribution < -0.4 is 5.73 Å². The van der Waals surface area contributed by atoms with E-state index in [4.69, 9.17) is 5.73 Å². The van der Waals surface area contributed by atoms with Crippen LogP contribution in [-0.2, 0) is 0 Å². The number of hydrogen-bond donors (Lipinski definition) is 1. The summed E-state index contributed by atoms with van der Waals surface area (Å²) in [4.78, 5) is 2.29. The Bertz CT molecular complexity index is 194. The fourth-order valence-corrected chi connectivity index (χ4v) is 3.60. The predicted octanol–water partition coefficient (Wildman–Crippen LogP) is 2.09. The molecule has 0 aromatic carbocycles. The number of hydrogen-bond acceptors (Lipinski definition) is 2. The van der Waals surface area contributed by atoms with Crippen LogP contribution in [-0.4, -0.2) is 31.6 Å². The van der Waals surface area contributed by atoms with Crippen LogP contribution in [0.15, 0.2) is 0 Å². The van der Waals surface area contributed by atoms with Gasteiger partial charge in [-0.25, -0.2) is 0 Å². The van der Waals surface area contributed by atoms with E-state index >= 15 is 0 Å². The van der Waals surface area contributed by atoms with Gasteiger partial charge in [0.2, 0.25) is 0 Å². The summed E-state index contributed by atoms with van der Waals surface area (Å²) in [5.41, 5.74) is 6.97. The van der Waals surface area contributed by atoms with Crippen LogP contribution in [0.2, 0.25) is 0 Å². The van der Waals surface area contributed by atoms with Gasteiger partial charge in [-0.1, -0.05) is 20.8 Å². The van der Waals surface area contributed by atoms with Crippen molar-refractivity contribution in [1.82, 2.24) is 4.90 Å². The number of rotatable bonds is 2. The first-order valence-electron chi connectivity index (χ1n) is 5.63. The van der Waals surface area contributed by atoms with Crippen molar-refractivity contribution in [2.24, 2.45) is 16.6 Å². The van der Waals surface area contributed by atoms with Crippen molar-refractivity contribution in [3.63, 3.8) is 0 Å². The molecular formula is C12H26N2. The van der Waals surface area contributed by atoms with Crippen LogP contribution in [0, 0.1) is 10.8 Å². The highest BCUT2D eigenvalue weighted by Gasteiger charge is 2.39. The first-order valence-corrected chi connectivity index (χ1v) is 5.63. The SMILES string of the molecule is CN(C)CC1(C)CC(N)CC(C)(C)C1. The molecule has 2 atom stereocenters. The molecule has 1 rings (SSSR count). The molecule has 0 aromatic heterocycles. The Labute approximate surface area is 88.8 Å². The van der Waals surface area contributed by atoms with Crippen LogP contribution >= 0.6 is 0 Å². The van der Waals surface area contributed by atoms with E-state index in [0.29, 0.717) is 16.9 Å². The Morgan fingerprint density at radius 3 is 2.21 bits per heavy atom. The molecule has 1 aliphatic rings. The van der Waals surface area contributed by atoms with Crippen molar-refractivity contribution in [3.05, 3.63) is 0 Å². The number of nitrogens with zero attached hydrogens (tertiary/aromatic N) is 1. The van der Waals surface area contributed by atoms with E-state index < -0.39 is 0 Å². The first kappa shape index (κ1) is 12.0. The summed E-state index contributed by atoms with van der Waals surface area (Å²) in [7, 11) is 4.30. The van der Waals surface area contributed by atoms with Crippen LogP contribution in [0.25, 0.3) is 0 Å². The maximum absolute atomic E-state index is 6.14. The monoisotopic (exact) mass is 198 g/mol. The van der Waals surface area contributed by atoms with Gasteiger partial charge < -0.3 is 10.6 Å². The lowest BCUT2D eigenvalue weighted by atomic mass is 9.62. The van der Waals surface area contributed by atoms with Crippen molar-refractivity contribution >= 4 is 0 Å². The standard InChI is InChI=1S/C12H26N2/c1-11(2)6-10(13)7-12(3,8-11)9-14(4)5/h10H,6-9,13H2,1-5H3. The molecule has 2 nitrogen and oxygen atoms in total. The Hall–Kier alpha value is -0.0800. The van der Waals surface area contributed by atoms with Crippen molar-refractivity contribution in [2.75, 3.05) is 20.6 Å². The zero-order valence-electron chi connectivity index (χ0n) is 10.4. The maximum Gasteiger partial charge on any atom is 0.00495 e. The topological polar surface area (TPSA) is 29.3 Å². The van der Waals surface area contributed by atoms with E-state index in [1.54, 1.807) is 0 Å². The summed E-state index contributed by atoms with van der Waals surface area (Å²) < 4.78 is 0. The molecule has 2 heteroatoms. The molecule has 2 unspecified atom stereocenters. The third-order valence-corrected chi connectivity index (χ3v) is 3.17. The van der Waals surface area contributed by atoms with Gasteiger partial charge in [0.25, 0.3) is 0 Å². The minimum absolute atomic E-state index is 0.392. The van der Waals surface area contributed by atoms with Crippen LogP contribution in [0.5, 0.6) is 0 Å². The van der Waals surface area contributed by atoms with Crippen molar-refractivity contribution < 1.29 is 0 Å². The second-order valence-electron chi connectivity index (χ2n) is 6.56. The molecule has 0 bridgehead atoms. The molecule has 0 spiro atoms. The summed E-state index contributed by atoms with van der Waals surface area (Å²) in [6.45, 7) is 8.23. The summed E-state index contributed by atoms with van der Waals surface area (Å²) in [6.07, 6.45) is 3.65. The van der Waals surface area contributed by atoms with Gasteiger partial charge in [-0.2, -0.15) is 0 Å². The Kier molecular flexibility index (Phi) is 3.27. The highest BCUT2D eigenvalue weighted by Crippen LogP contribution is 2.45. The predicted molar refractivity (Wildman–Crippen MR) is 62.3 cm³/mol. The molecule has 0 amide bonds. The van der Waals surface area contributed by atoms with E-state index in [1.807, 2.05) is 0 Å². The highest BCUT2D eigenvalue weighted by molar-refractivity contribution is 4.94. The van der Waals surface area contributed by atoms with E-state index in [1.165, 1.54) is 19.3 Å². The first-order chi connectivity index (χ1) is 6.22. The van der Waals surface area contributed by atoms with Crippen molar-refractivity contribution in [2.45, 2.75) is 46.1 Å². The van der Waals surface area contributed by atoms with Gasteiger partial charge in [-0.3, -0.25) is 0 Å². The Morgan fingerprint density at radius 2 is 1.79 bits per heavy atom. The average Bonchev–Trinajstić information content (AvgIpc) is 1.74. The molecule has 84 valence electrons. The third-order valence-electron chi connectivity index (χ3n) is 3.17. The molecule has 0 heterocycles. The minimum atomic E-state index is 0.392.